The third-order valence-electron chi connectivity index (χ3n) is 3.36. The molecule has 0 fully saturated rings. The summed E-state index contributed by atoms with van der Waals surface area (Å²) in [4.78, 5) is 0.267. The summed E-state index contributed by atoms with van der Waals surface area (Å²) >= 11 is 0. The smallest absolute Gasteiger partial charge is 0.240 e. The van der Waals surface area contributed by atoms with Gasteiger partial charge in [0.05, 0.1) is 11.5 Å². The molecule has 0 aromatic heterocycles. The first-order valence-electron chi connectivity index (χ1n) is 6.83. The van der Waals surface area contributed by atoms with Crippen molar-refractivity contribution in [3.63, 3.8) is 0 Å². The van der Waals surface area contributed by atoms with Crippen molar-refractivity contribution < 1.29 is 13.5 Å². The molecule has 0 bridgehead atoms. The van der Waals surface area contributed by atoms with Crippen LogP contribution >= 0.6 is 0 Å². The number of hydrogen-bond acceptors (Lipinski definition) is 3. The maximum atomic E-state index is 12.3. The normalized spacial score (nSPS) is 11.5. The summed E-state index contributed by atoms with van der Waals surface area (Å²) in [6.45, 7) is 2.04. The van der Waals surface area contributed by atoms with Crippen LogP contribution in [0.1, 0.15) is 23.6 Å². The Hall–Kier alpha value is -1.69. The third-order valence-corrected chi connectivity index (χ3v) is 4.76. The molecular formula is C16H19NO3S. The van der Waals surface area contributed by atoms with E-state index in [1.165, 1.54) is 0 Å². The summed E-state index contributed by atoms with van der Waals surface area (Å²) < 4.78 is 27.2. The van der Waals surface area contributed by atoms with Gasteiger partial charge in [-0.3, -0.25) is 0 Å². The standard InChI is InChI=1S/C16H19NO3S/c1-2-13-6-5-9-16(10-13)21(19,20)17-11-14-7-3-4-8-15(14)12-18/h3-10,17-18H,2,11-12H2,1H3. The number of rotatable bonds is 6. The fraction of sp³-hybridized carbons (Fsp3) is 0.250. The number of aliphatic hydroxyl groups is 1. The van der Waals surface area contributed by atoms with Gasteiger partial charge >= 0.3 is 0 Å². The molecule has 0 heterocycles. The van der Waals surface area contributed by atoms with Crippen LogP contribution in [0.15, 0.2) is 53.4 Å². The van der Waals surface area contributed by atoms with Crippen molar-refractivity contribution in [1.82, 2.24) is 4.72 Å². The summed E-state index contributed by atoms with van der Waals surface area (Å²) in [7, 11) is -3.55. The quantitative estimate of drug-likeness (QED) is 0.860. The molecule has 0 amide bonds. The predicted octanol–water partition coefficient (Wildman–Crippen LogP) is 2.22. The van der Waals surface area contributed by atoms with Gasteiger partial charge in [0.15, 0.2) is 0 Å². The minimum atomic E-state index is -3.55. The highest BCUT2D eigenvalue weighted by molar-refractivity contribution is 7.89. The Morgan fingerprint density at radius 2 is 1.76 bits per heavy atom. The van der Waals surface area contributed by atoms with E-state index in [0.29, 0.717) is 0 Å². The fourth-order valence-electron chi connectivity index (χ4n) is 2.07. The first-order chi connectivity index (χ1) is 10.1. The Bertz CT molecular complexity index is 711. The van der Waals surface area contributed by atoms with Crippen LogP contribution in [-0.2, 0) is 29.6 Å². The molecule has 2 rings (SSSR count). The Balaban J connectivity index is 2.18. The largest absolute Gasteiger partial charge is 0.392 e. The van der Waals surface area contributed by atoms with E-state index < -0.39 is 10.0 Å². The van der Waals surface area contributed by atoms with E-state index in [9.17, 15) is 13.5 Å². The van der Waals surface area contributed by atoms with E-state index in [4.69, 9.17) is 0 Å². The van der Waals surface area contributed by atoms with E-state index >= 15 is 0 Å². The number of aryl methyl sites for hydroxylation is 1. The van der Waals surface area contributed by atoms with Gasteiger partial charge in [0, 0.05) is 6.54 Å². The third kappa shape index (κ3) is 3.91. The summed E-state index contributed by atoms with van der Waals surface area (Å²) in [6.07, 6.45) is 0.788. The topological polar surface area (TPSA) is 66.4 Å². The van der Waals surface area contributed by atoms with Crippen LogP contribution in [0, 0.1) is 0 Å². The average molecular weight is 305 g/mol. The van der Waals surface area contributed by atoms with Crippen molar-refractivity contribution in [3.8, 4) is 0 Å². The molecule has 4 nitrogen and oxygen atoms in total. The lowest BCUT2D eigenvalue weighted by atomic mass is 10.1. The van der Waals surface area contributed by atoms with Crippen molar-refractivity contribution >= 4 is 10.0 Å². The summed E-state index contributed by atoms with van der Waals surface area (Å²) in [6, 6.07) is 14.1. The monoisotopic (exact) mass is 305 g/mol. The zero-order valence-corrected chi connectivity index (χ0v) is 12.7. The lowest BCUT2D eigenvalue weighted by Gasteiger charge is -2.10. The maximum absolute atomic E-state index is 12.3. The second kappa shape index (κ2) is 6.85. The van der Waals surface area contributed by atoms with Crippen molar-refractivity contribution in [3.05, 3.63) is 65.2 Å². The molecule has 0 atom stereocenters. The van der Waals surface area contributed by atoms with Gasteiger partial charge in [-0.15, -0.1) is 0 Å². The summed E-state index contributed by atoms with van der Waals surface area (Å²) in [5.74, 6) is 0. The van der Waals surface area contributed by atoms with E-state index in [-0.39, 0.29) is 18.0 Å². The molecule has 2 aromatic carbocycles. The average Bonchev–Trinajstić information content (AvgIpc) is 2.53. The minimum Gasteiger partial charge on any atom is -0.392 e. The molecule has 112 valence electrons. The van der Waals surface area contributed by atoms with E-state index in [1.54, 1.807) is 30.3 Å². The van der Waals surface area contributed by atoms with Gasteiger partial charge in [0.1, 0.15) is 0 Å². The minimum absolute atomic E-state index is 0.108. The number of nitrogens with one attached hydrogen (secondary N) is 1. The molecule has 2 aromatic rings. The van der Waals surface area contributed by atoms with Crippen LogP contribution in [0.25, 0.3) is 0 Å². The van der Waals surface area contributed by atoms with Crippen LogP contribution < -0.4 is 4.72 Å². The molecule has 0 aliphatic carbocycles. The fourth-order valence-corrected chi connectivity index (χ4v) is 3.15. The molecule has 2 N–H and O–H groups in total. The zero-order chi connectivity index (χ0) is 15.3. The van der Waals surface area contributed by atoms with Gasteiger partial charge in [0.25, 0.3) is 0 Å². The molecule has 0 saturated carbocycles. The molecule has 5 heteroatoms. The van der Waals surface area contributed by atoms with E-state index in [0.717, 1.165) is 23.1 Å². The van der Waals surface area contributed by atoms with Crippen molar-refractivity contribution in [2.75, 3.05) is 0 Å². The Labute approximate surface area is 125 Å². The molecule has 0 radical (unpaired) electrons. The van der Waals surface area contributed by atoms with Crippen molar-refractivity contribution in [1.29, 1.82) is 0 Å². The molecule has 0 saturated heterocycles. The van der Waals surface area contributed by atoms with Crippen molar-refractivity contribution in [2.45, 2.75) is 31.4 Å². The highest BCUT2D eigenvalue weighted by Gasteiger charge is 2.14. The van der Waals surface area contributed by atoms with Crippen molar-refractivity contribution in [2.24, 2.45) is 0 Å². The van der Waals surface area contributed by atoms with Gasteiger partial charge in [-0.2, -0.15) is 0 Å². The number of hydrogen-bond donors (Lipinski definition) is 2. The molecule has 0 aliphatic rings. The Morgan fingerprint density at radius 1 is 1.05 bits per heavy atom. The van der Waals surface area contributed by atoms with Crippen LogP contribution in [0.5, 0.6) is 0 Å². The lowest BCUT2D eigenvalue weighted by Crippen LogP contribution is -2.24. The van der Waals surface area contributed by atoms with E-state index in [1.807, 2.05) is 25.1 Å². The van der Waals surface area contributed by atoms with Crippen LogP contribution in [0.2, 0.25) is 0 Å². The molecule has 0 spiro atoms. The van der Waals surface area contributed by atoms with Gasteiger partial charge in [-0.05, 0) is 35.2 Å². The molecule has 0 aliphatic heterocycles. The van der Waals surface area contributed by atoms with Gasteiger partial charge in [-0.25, -0.2) is 13.1 Å². The lowest BCUT2D eigenvalue weighted by molar-refractivity contribution is 0.280. The zero-order valence-electron chi connectivity index (χ0n) is 11.9. The highest BCUT2D eigenvalue weighted by atomic mass is 32.2. The molecule has 21 heavy (non-hydrogen) atoms. The number of sulfonamides is 1. The highest BCUT2D eigenvalue weighted by Crippen LogP contribution is 2.14. The van der Waals surface area contributed by atoms with E-state index in [2.05, 4.69) is 4.72 Å². The van der Waals surface area contributed by atoms with Crippen LogP contribution in [0.4, 0.5) is 0 Å². The van der Waals surface area contributed by atoms with Gasteiger partial charge < -0.3 is 5.11 Å². The van der Waals surface area contributed by atoms with Gasteiger partial charge in [0.2, 0.25) is 10.0 Å². The summed E-state index contributed by atoms with van der Waals surface area (Å²) in [5.41, 5.74) is 2.48. The second-order valence-electron chi connectivity index (χ2n) is 4.75. The summed E-state index contributed by atoms with van der Waals surface area (Å²) in [5, 5.41) is 9.26. The first-order valence-corrected chi connectivity index (χ1v) is 8.31. The second-order valence-corrected chi connectivity index (χ2v) is 6.52. The predicted molar refractivity (Wildman–Crippen MR) is 82.2 cm³/mol. The number of aliphatic hydroxyl groups excluding tert-OH is 1. The SMILES string of the molecule is CCc1cccc(S(=O)(=O)NCc2ccccc2CO)c1. The number of benzene rings is 2. The van der Waals surface area contributed by atoms with Crippen LogP contribution in [0.3, 0.4) is 0 Å². The van der Waals surface area contributed by atoms with Gasteiger partial charge in [-0.1, -0.05) is 43.3 Å². The first kappa shape index (κ1) is 15.7. The maximum Gasteiger partial charge on any atom is 0.240 e. The molecule has 0 unspecified atom stereocenters. The molecular weight excluding hydrogens is 286 g/mol. The van der Waals surface area contributed by atoms with Crippen LogP contribution in [-0.4, -0.2) is 13.5 Å². The Morgan fingerprint density at radius 3 is 2.43 bits per heavy atom. The Kier molecular flexibility index (Phi) is 5.12.